The molecule has 1 atom stereocenters. The van der Waals surface area contributed by atoms with Crippen LogP contribution in [0, 0.1) is 19.8 Å². The van der Waals surface area contributed by atoms with Gasteiger partial charge in [-0.15, -0.1) is 0 Å². The summed E-state index contributed by atoms with van der Waals surface area (Å²) in [4.78, 5) is 9.88. The Balaban J connectivity index is 1.57. The van der Waals surface area contributed by atoms with Crippen LogP contribution in [0.1, 0.15) is 30.3 Å². The zero-order valence-electron chi connectivity index (χ0n) is 16.8. The molecule has 2 saturated heterocycles. The van der Waals surface area contributed by atoms with Crippen molar-refractivity contribution in [2.45, 2.75) is 33.7 Å². The van der Waals surface area contributed by atoms with Crippen LogP contribution < -0.4 is 5.32 Å². The highest BCUT2D eigenvalue weighted by Crippen LogP contribution is 2.16. The van der Waals surface area contributed by atoms with Crippen molar-refractivity contribution in [2.24, 2.45) is 18.0 Å². The summed E-state index contributed by atoms with van der Waals surface area (Å²) in [5, 5.41) is 7.97. The minimum Gasteiger partial charge on any atom is -0.381 e. The van der Waals surface area contributed by atoms with Crippen molar-refractivity contribution in [3.63, 3.8) is 0 Å². The predicted molar refractivity (Wildman–Crippen MR) is 104 cm³/mol. The Hall–Kier alpha value is -1.60. The molecule has 1 N–H and O–H groups in total. The Morgan fingerprint density at radius 1 is 1.27 bits per heavy atom. The molecular weight excluding hydrogens is 328 g/mol. The molecule has 1 unspecified atom stereocenters. The number of nitrogens with one attached hydrogen (secondary N) is 1. The van der Waals surface area contributed by atoms with E-state index >= 15 is 0 Å². The molecule has 0 amide bonds. The summed E-state index contributed by atoms with van der Waals surface area (Å²) in [5.74, 6) is 1.75. The van der Waals surface area contributed by atoms with Gasteiger partial charge >= 0.3 is 0 Å². The lowest BCUT2D eigenvalue weighted by atomic mass is 10.1. The average molecular weight is 363 g/mol. The second-order valence-corrected chi connectivity index (χ2v) is 7.46. The fourth-order valence-corrected chi connectivity index (χ4v) is 3.86. The molecule has 7 nitrogen and oxygen atoms in total. The van der Waals surface area contributed by atoms with E-state index < -0.39 is 0 Å². The monoisotopic (exact) mass is 362 g/mol. The van der Waals surface area contributed by atoms with E-state index in [2.05, 4.69) is 41.0 Å². The molecule has 3 rings (SSSR count). The maximum absolute atomic E-state index is 5.51. The van der Waals surface area contributed by atoms with Gasteiger partial charge in [-0.1, -0.05) is 0 Å². The van der Waals surface area contributed by atoms with Crippen LogP contribution in [-0.4, -0.2) is 78.0 Å². The summed E-state index contributed by atoms with van der Waals surface area (Å²) in [7, 11) is 2.00. The van der Waals surface area contributed by atoms with Gasteiger partial charge in [0.25, 0.3) is 0 Å². The maximum atomic E-state index is 5.51. The summed E-state index contributed by atoms with van der Waals surface area (Å²) in [6.45, 7) is 15.2. The Morgan fingerprint density at radius 3 is 2.62 bits per heavy atom. The number of aromatic nitrogens is 2. The number of piperazine rings is 1. The van der Waals surface area contributed by atoms with Crippen LogP contribution >= 0.6 is 0 Å². The fraction of sp³-hybridized carbons (Fsp3) is 0.789. The molecule has 0 spiro atoms. The third-order valence-corrected chi connectivity index (χ3v) is 5.59. The molecule has 0 saturated carbocycles. The van der Waals surface area contributed by atoms with Gasteiger partial charge < -0.3 is 15.0 Å². The predicted octanol–water partition coefficient (Wildman–Crippen LogP) is 1.16. The third-order valence-electron chi connectivity index (χ3n) is 5.59. The van der Waals surface area contributed by atoms with Crippen molar-refractivity contribution in [3.8, 4) is 0 Å². The first-order valence-electron chi connectivity index (χ1n) is 9.91. The molecular formula is C19H34N6O. The lowest BCUT2D eigenvalue weighted by Gasteiger charge is -2.37. The summed E-state index contributed by atoms with van der Waals surface area (Å²) < 4.78 is 7.45. The van der Waals surface area contributed by atoms with E-state index in [9.17, 15) is 0 Å². The molecule has 1 aromatic heterocycles. The van der Waals surface area contributed by atoms with Crippen LogP contribution in [0.25, 0.3) is 0 Å². The molecule has 26 heavy (non-hydrogen) atoms. The first kappa shape index (κ1) is 19.2. The van der Waals surface area contributed by atoms with Crippen LogP contribution in [0.2, 0.25) is 0 Å². The van der Waals surface area contributed by atoms with Gasteiger partial charge in [0.15, 0.2) is 5.96 Å². The largest absolute Gasteiger partial charge is 0.381 e. The van der Waals surface area contributed by atoms with Crippen molar-refractivity contribution in [3.05, 3.63) is 17.0 Å². The molecule has 2 aliphatic rings. The van der Waals surface area contributed by atoms with Crippen molar-refractivity contribution in [1.29, 1.82) is 0 Å². The summed E-state index contributed by atoms with van der Waals surface area (Å²) >= 11 is 0. The van der Waals surface area contributed by atoms with Crippen LogP contribution in [0.5, 0.6) is 0 Å². The Morgan fingerprint density at radius 2 is 2.04 bits per heavy atom. The van der Waals surface area contributed by atoms with E-state index in [1.165, 1.54) is 24.2 Å². The van der Waals surface area contributed by atoms with Crippen molar-refractivity contribution < 1.29 is 4.74 Å². The van der Waals surface area contributed by atoms with Gasteiger partial charge in [0.05, 0.1) is 18.8 Å². The van der Waals surface area contributed by atoms with E-state index in [-0.39, 0.29) is 0 Å². The molecule has 0 aromatic carbocycles. The van der Waals surface area contributed by atoms with Crippen LogP contribution in [0.4, 0.5) is 0 Å². The standard InChI is InChI=1S/C19H34N6O/c1-5-20-19(21-12-18-15(2)22-23(4)16(18)3)25-9-7-24(8-10-25)13-17-6-11-26-14-17/h17H,5-14H2,1-4H3,(H,20,21). The smallest absolute Gasteiger partial charge is 0.194 e. The highest BCUT2D eigenvalue weighted by atomic mass is 16.5. The highest BCUT2D eigenvalue weighted by molar-refractivity contribution is 5.80. The summed E-state index contributed by atoms with van der Waals surface area (Å²) in [5.41, 5.74) is 3.52. The fourth-order valence-electron chi connectivity index (χ4n) is 3.86. The maximum Gasteiger partial charge on any atom is 0.194 e. The third kappa shape index (κ3) is 4.57. The summed E-state index contributed by atoms with van der Waals surface area (Å²) in [6.07, 6.45) is 1.22. The highest BCUT2D eigenvalue weighted by Gasteiger charge is 2.24. The Labute approximate surface area is 157 Å². The molecule has 1 aromatic rings. The number of ether oxygens (including phenoxy) is 1. The quantitative estimate of drug-likeness (QED) is 0.629. The topological polar surface area (TPSA) is 57.9 Å². The van der Waals surface area contributed by atoms with E-state index in [0.717, 1.165) is 63.5 Å². The number of aryl methyl sites for hydroxylation is 2. The number of hydrogen-bond donors (Lipinski definition) is 1. The molecule has 3 heterocycles. The van der Waals surface area contributed by atoms with E-state index in [4.69, 9.17) is 9.73 Å². The normalized spacial score (nSPS) is 22.2. The molecule has 2 fully saturated rings. The lowest BCUT2D eigenvalue weighted by molar-refractivity contribution is 0.139. The molecule has 0 aliphatic carbocycles. The molecule has 146 valence electrons. The number of rotatable bonds is 5. The van der Waals surface area contributed by atoms with Gasteiger partial charge in [-0.25, -0.2) is 4.99 Å². The van der Waals surface area contributed by atoms with Crippen molar-refractivity contribution in [2.75, 3.05) is 52.5 Å². The number of guanidine groups is 1. The second-order valence-electron chi connectivity index (χ2n) is 7.46. The van der Waals surface area contributed by atoms with Crippen LogP contribution in [0.15, 0.2) is 4.99 Å². The van der Waals surface area contributed by atoms with Gasteiger partial charge in [0.1, 0.15) is 0 Å². The van der Waals surface area contributed by atoms with Gasteiger partial charge in [-0.2, -0.15) is 5.10 Å². The molecule has 0 radical (unpaired) electrons. The Bertz CT molecular complexity index is 612. The zero-order valence-corrected chi connectivity index (χ0v) is 16.8. The SMILES string of the molecule is CCNC(=NCc1c(C)nn(C)c1C)N1CCN(CC2CCOC2)CC1. The van der Waals surface area contributed by atoms with Gasteiger partial charge in [0.2, 0.25) is 0 Å². The van der Waals surface area contributed by atoms with E-state index in [0.29, 0.717) is 6.54 Å². The average Bonchev–Trinajstić information content (AvgIpc) is 3.22. The van der Waals surface area contributed by atoms with Gasteiger partial charge in [-0.05, 0) is 33.1 Å². The second kappa shape index (κ2) is 8.86. The zero-order chi connectivity index (χ0) is 18.5. The molecule has 2 aliphatic heterocycles. The lowest BCUT2D eigenvalue weighted by Crippen LogP contribution is -2.53. The van der Waals surface area contributed by atoms with E-state index in [1.807, 2.05) is 11.7 Å². The first-order chi connectivity index (χ1) is 12.6. The first-order valence-corrected chi connectivity index (χ1v) is 9.91. The minimum atomic E-state index is 0.688. The minimum absolute atomic E-state index is 0.688. The van der Waals surface area contributed by atoms with Gasteiger partial charge in [-0.3, -0.25) is 9.58 Å². The van der Waals surface area contributed by atoms with Crippen molar-refractivity contribution >= 4 is 5.96 Å². The molecule has 0 bridgehead atoms. The number of nitrogens with zero attached hydrogens (tertiary/aromatic N) is 5. The molecule has 7 heteroatoms. The van der Waals surface area contributed by atoms with Crippen LogP contribution in [-0.2, 0) is 18.3 Å². The van der Waals surface area contributed by atoms with E-state index in [1.54, 1.807) is 0 Å². The Kier molecular flexibility index (Phi) is 6.53. The van der Waals surface area contributed by atoms with Gasteiger partial charge in [0, 0.05) is 64.2 Å². The number of hydrogen-bond acceptors (Lipinski definition) is 4. The number of aliphatic imine (C=N–C) groups is 1. The van der Waals surface area contributed by atoms with Crippen LogP contribution in [0.3, 0.4) is 0 Å². The summed E-state index contributed by atoms with van der Waals surface area (Å²) in [6, 6.07) is 0. The van der Waals surface area contributed by atoms with Crippen molar-refractivity contribution in [1.82, 2.24) is 24.9 Å².